The van der Waals surface area contributed by atoms with Crippen molar-refractivity contribution < 1.29 is 13.5 Å². The zero-order valence-electron chi connectivity index (χ0n) is 10.3. The summed E-state index contributed by atoms with van der Waals surface area (Å²) in [5.41, 5.74) is 0.322. The summed E-state index contributed by atoms with van der Waals surface area (Å²) < 4.78 is 26.6. The average Bonchev–Trinajstić information content (AvgIpc) is 2.94. The fourth-order valence-electron chi connectivity index (χ4n) is 2.42. The SMILES string of the molecule is O=S(=O)(c1ccc(O)c2ncccc12)N1CCCC1. The molecule has 5 nitrogen and oxygen atoms in total. The molecule has 1 aromatic carbocycles. The molecule has 19 heavy (non-hydrogen) atoms. The third-order valence-corrected chi connectivity index (χ3v) is 5.35. The first-order valence-electron chi connectivity index (χ1n) is 6.17. The van der Waals surface area contributed by atoms with Gasteiger partial charge in [0.15, 0.2) is 0 Å². The molecule has 0 spiro atoms. The van der Waals surface area contributed by atoms with E-state index in [1.807, 2.05) is 0 Å². The molecular weight excluding hydrogens is 264 g/mol. The molecular formula is C13H14N2O3S. The minimum absolute atomic E-state index is 0.00373. The molecule has 1 aliphatic rings. The van der Waals surface area contributed by atoms with Gasteiger partial charge in [-0.3, -0.25) is 4.98 Å². The summed E-state index contributed by atoms with van der Waals surface area (Å²) >= 11 is 0. The Hall–Kier alpha value is -1.66. The summed E-state index contributed by atoms with van der Waals surface area (Å²) in [5, 5.41) is 10.2. The van der Waals surface area contributed by atoms with Crippen LogP contribution >= 0.6 is 0 Å². The Morgan fingerprint density at radius 3 is 2.63 bits per heavy atom. The Kier molecular flexibility index (Phi) is 2.91. The lowest BCUT2D eigenvalue weighted by Gasteiger charge is -2.17. The molecule has 1 fully saturated rings. The fraction of sp³-hybridized carbons (Fsp3) is 0.308. The molecule has 0 aliphatic carbocycles. The summed E-state index contributed by atoms with van der Waals surface area (Å²) in [6.07, 6.45) is 3.33. The number of benzene rings is 1. The molecule has 0 unspecified atom stereocenters. The molecule has 1 saturated heterocycles. The van der Waals surface area contributed by atoms with Gasteiger partial charge < -0.3 is 5.11 Å². The highest BCUT2D eigenvalue weighted by atomic mass is 32.2. The fourth-order valence-corrected chi connectivity index (χ4v) is 4.12. The van der Waals surface area contributed by atoms with Crippen molar-refractivity contribution in [2.75, 3.05) is 13.1 Å². The van der Waals surface area contributed by atoms with Crippen molar-refractivity contribution in [3.63, 3.8) is 0 Å². The number of phenolic OH excluding ortho intramolecular Hbond substituents is 1. The van der Waals surface area contributed by atoms with Gasteiger partial charge in [0.2, 0.25) is 10.0 Å². The van der Waals surface area contributed by atoms with E-state index in [0.29, 0.717) is 24.0 Å². The Balaban J connectivity index is 2.23. The maximum Gasteiger partial charge on any atom is 0.243 e. The van der Waals surface area contributed by atoms with Gasteiger partial charge in [-0.2, -0.15) is 4.31 Å². The lowest BCUT2D eigenvalue weighted by Crippen LogP contribution is -2.28. The van der Waals surface area contributed by atoms with E-state index in [-0.39, 0.29) is 10.6 Å². The van der Waals surface area contributed by atoms with Crippen molar-refractivity contribution in [2.24, 2.45) is 0 Å². The van der Waals surface area contributed by atoms with Gasteiger partial charge in [0.25, 0.3) is 0 Å². The van der Waals surface area contributed by atoms with Crippen LogP contribution in [-0.2, 0) is 10.0 Å². The van der Waals surface area contributed by atoms with Crippen molar-refractivity contribution in [1.82, 2.24) is 9.29 Å². The van der Waals surface area contributed by atoms with Gasteiger partial charge in [-0.1, -0.05) is 0 Å². The molecule has 1 aromatic heterocycles. The van der Waals surface area contributed by atoms with E-state index < -0.39 is 10.0 Å². The number of phenols is 1. The number of fused-ring (bicyclic) bond motifs is 1. The van der Waals surface area contributed by atoms with E-state index in [2.05, 4.69) is 4.98 Å². The largest absolute Gasteiger partial charge is 0.506 e. The van der Waals surface area contributed by atoms with Crippen LogP contribution < -0.4 is 0 Å². The van der Waals surface area contributed by atoms with Gasteiger partial charge >= 0.3 is 0 Å². The third-order valence-electron chi connectivity index (χ3n) is 3.39. The van der Waals surface area contributed by atoms with Crippen LogP contribution in [0.15, 0.2) is 35.4 Å². The highest BCUT2D eigenvalue weighted by Crippen LogP contribution is 2.31. The maximum absolute atomic E-state index is 12.6. The zero-order chi connectivity index (χ0) is 13.5. The molecule has 1 aliphatic heterocycles. The first-order valence-corrected chi connectivity index (χ1v) is 7.61. The van der Waals surface area contributed by atoms with Crippen molar-refractivity contribution in [2.45, 2.75) is 17.7 Å². The van der Waals surface area contributed by atoms with Crippen LogP contribution in [-0.4, -0.2) is 35.9 Å². The number of sulfonamides is 1. The van der Waals surface area contributed by atoms with Gasteiger partial charge in [-0.25, -0.2) is 8.42 Å². The topological polar surface area (TPSA) is 70.5 Å². The van der Waals surface area contributed by atoms with Crippen LogP contribution in [0.1, 0.15) is 12.8 Å². The maximum atomic E-state index is 12.6. The standard InChI is InChI=1S/C13H14N2O3S/c16-11-5-6-12(10-4-3-7-14-13(10)11)19(17,18)15-8-1-2-9-15/h3-7,16H,1-2,8-9H2. The van der Waals surface area contributed by atoms with E-state index in [1.165, 1.54) is 22.6 Å². The first-order chi connectivity index (χ1) is 9.10. The second-order valence-corrected chi connectivity index (χ2v) is 6.50. The van der Waals surface area contributed by atoms with Crippen molar-refractivity contribution in [1.29, 1.82) is 0 Å². The van der Waals surface area contributed by atoms with Gasteiger partial charge in [0, 0.05) is 24.7 Å². The van der Waals surface area contributed by atoms with Crippen molar-refractivity contribution in [3.05, 3.63) is 30.5 Å². The summed E-state index contributed by atoms with van der Waals surface area (Å²) in [4.78, 5) is 4.27. The minimum Gasteiger partial charge on any atom is -0.506 e. The quantitative estimate of drug-likeness (QED) is 0.908. The first kappa shape index (κ1) is 12.4. The number of aromatic hydroxyl groups is 1. The molecule has 1 N–H and O–H groups in total. The molecule has 2 aromatic rings. The Morgan fingerprint density at radius 1 is 1.16 bits per heavy atom. The summed E-state index contributed by atoms with van der Waals surface area (Å²) in [7, 11) is -3.50. The smallest absolute Gasteiger partial charge is 0.243 e. The molecule has 0 radical (unpaired) electrons. The molecule has 100 valence electrons. The van der Waals surface area contributed by atoms with E-state index in [9.17, 15) is 13.5 Å². The van der Waals surface area contributed by atoms with Gasteiger partial charge in [0.05, 0.1) is 4.90 Å². The lowest BCUT2D eigenvalue weighted by molar-refractivity contribution is 0.475. The van der Waals surface area contributed by atoms with E-state index in [4.69, 9.17) is 0 Å². The summed E-state index contributed by atoms with van der Waals surface area (Å²) in [6.45, 7) is 1.12. The average molecular weight is 278 g/mol. The number of pyridine rings is 1. The predicted molar refractivity (Wildman–Crippen MR) is 71.4 cm³/mol. The second kappa shape index (κ2) is 4.47. The van der Waals surface area contributed by atoms with Crippen LogP contribution in [0.2, 0.25) is 0 Å². The van der Waals surface area contributed by atoms with E-state index in [1.54, 1.807) is 12.1 Å². The molecule has 0 atom stereocenters. The monoisotopic (exact) mass is 278 g/mol. The normalized spacial score (nSPS) is 17.1. The number of rotatable bonds is 2. The molecule has 0 bridgehead atoms. The van der Waals surface area contributed by atoms with Crippen LogP contribution in [0, 0.1) is 0 Å². The van der Waals surface area contributed by atoms with E-state index in [0.717, 1.165) is 12.8 Å². The zero-order valence-corrected chi connectivity index (χ0v) is 11.1. The lowest BCUT2D eigenvalue weighted by atomic mass is 10.2. The highest BCUT2D eigenvalue weighted by Gasteiger charge is 2.29. The van der Waals surface area contributed by atoms with Gasteiger partial charge in [-0.15, -0.1) is 0 Å². The predicted octanol–water partition coefficient (Wildman–Crippen LogP) is 1.72. The van der Waals surface area contributed by atoms with Crippen molar-refractivity contribution >= 4 is 20.9 Å². The van der Waals surface area contributed by atoms with Crippen LogP contribution in [0.3, 0.4) is 0 Å². The Bertz CT molecular complexity index is 722. The van der Waals surface area contributed by atoms with Crippen LogP contribution in [0.5, 0.6) is 5.75 Å². The third kappa shape index (κ3) is 1.97. The molecule has 2 heterocycles. The van der Waals surface area contributed by atoms with E-state index >= 15 is 0 Å². The molecule has 0 saturated carbocycles. The van der Waals surface area contributed by atoms with Crippen LogP contribution in [0.4, 0.5) is 0 Å². The van der Waals surface area contributed by atoms with Crippen molar-refractivity contribution in [3.8, 4) is 5.75 Å². The highest BCUT2D eigenvalue weighted by molar-refractivity contribution is 7.89. The number of hydrogen-bond acceptors (Lipinski definition) is 4. The molecule has 0 amide bonds. The van der Waals surface area contributed by atoms with Crippen LogP contribution in [0.25, 0.3) is 10.9 Å². The second-order valence-electron chi connectivity index (χ2n) is 4.59. The Labute approximate surface area is 111 Å². The Morgan fingerprint density at radius 2 is 1.89 bits per heavy atom. The minimum atomic E-state index is -3.50. The van der Waals surface area contributed by atoms with Gasteiger partial charge in [0.1, 0.15) is 11.3 Å². The number of aromatic nitrogens is 1. The van der Waals surface area contributed by atoms with Gasteiger partial charge in [-0.05, 0) is 37.1 Å². The summed E-state index contributed by atoms with van der Waals surface area (Å²) in [6, 6.07) is 6.18. The molecule has 6 heteroatoms. The molecule has 3 rings (SSSR count). The number of nitrogens with zero attached hydrogens (tertiary/aromatic N) is 2. The number of hydrogen-bond donors (Lipinski definition) is 1. The summed E-state index contributed by atoms with van der Waals surface area (Å²) in [5.74, 6) is -0.00373.